The zero-order valence-electron chi connectivity index (χ0n) is 19.3. The van der Waals surface area contributed by atoms with Gasteiger partial charge in [0, 0.05) is 20.1 Å². The van der Waals surface area contributed by atoms with E-state index in [0.717, 1.165) is 42.8 Å². The maximum absolute atomic E-state index is 12.7. The van der Waals surface area contributed by atoms with Crippen LogP contribution in [0.2, 0.25) is 0 Å². The molecule has 5 rings (SSSR count). The number of hydrogen-bond donors (Lipinski definition) is 1. The number of hydrogen-bond acceptors (Lipinski definition) is 6. The van der Waals surface area contributed by atoms with Gasteiger partial charge in [-0.25, -0.2) is 13.1 Å². The Balaban J connectivity index is 1.32. The molecule has 0 spiro atoms. The number of aryl methyl sites for hydroxylation is 2. The zero-order chi connectivity index (χ0) is 23.9. The fourth-order valence-corrected chi connectivity index (χ4v) is 5.80. The molecular weight excluding hydrogens is 452 g/mol. The molecule has 0 saturated carbocycles. The maximum atomic E-state index is 12.7. The fourth-order valence-electron chi connectivity index (χ4n) is 4.68. The van der Waals surface area contributed by atoms with Crippen molar-refractivity contribution in [3.8, 4) is 0 Å². The van der Waals surface area contributed by atoms with Crippen LogP contribution in [0, 0.1) is 12.8 Å². The molecule has 0 radical (unpaired) electrons. The van der Waals surface area contributed by atoms with Crippen LogP contribution < -0.4 is 10.3 Å². The summed E-state index contributed by atoms with van der Waals surface area (Å²) < 4.78 is 31.6. The molecule has 1 unspecified atom stereocenters. The van der Waals surface area contributed by atoms with Crippen molar-refractivity contribution in [2.24, 2.45) is 13.0 Å². The third kappa shape index (κ3) is 4.24. The Bertz CT molecular complexity index is 1510. The minimum atomic E-state index is -3.53. The first kappa shape index (κ1) is 22.7. The Kier molecular flexibility index (Phi) is 5.97. The number of aromatic nitrogens is 4. The van der Waals surface area contributed by atoms with Gasteiger partial charge in [0.25, 0.3) is 5.56 Å². The van der Waals surface area contributed by atoms with Crippen LogP contribution in [0.4, 0.5) is 0 Å². The summed E-state index contributed by atoms with van der Waals surface area (Å²) in [4.78, 5) is 15.2. The third-order valence-corrected chi connectivity index (χ3v) is 7.99. The smallest absolute Gasteiger partial charge is 0.262 e. The molecule has 2 aromatic heterocycles. The van der Waals surface area contributed by atoms with Crippen LogP contribution in [0.5, 0.6) is 0 Å². The van der Waals surface area contributed by atoms with E-state index in [1.165, 1.54) is 4.57 Å². The van der Waals surface area contributed by atoms with E-state index in [1.54, 1.807) is 31.3 Å². The van der Waals surface area contributed by atoms with Crippen LogP contribution in [-0.4, -0.2) is 52.1 Å². The van der Waals surface area contributed by atoms with E-state index in [9.17, 15) is 13.2 Å². The average molecular weight is 481 g/mol. The monoisotopic (exact) mass is 480 g/mol. The molecule has 1 aliphatic heterocycles. The van der Waals surface area contributed by atoms with Crippen LogP contribution in [0.15, 0.2) is 58.2 Å². The van der Waals surface area contributed by atoms with Crippen molar-refractivity contribution >= 4 is 26.7 Å². The summed E-state index contributed by atoms with van der Waals surface area (Å²) in [5.41, 5.74) is 1.72. The number of nitrogens with zero attached hydrogens (tertiary/aromatic N) is 5. The lowest BCUT2D eigenvalue weighted by atomic mass is 9.98. The minimum Gasteiger partial charge on any atom is -0.296 e. The third-order valence-electron chi connectivity index (χ3n) is 6.55. The Morgan fingerprint density at radius 2 is 1.85 bits per heavy atom. The second kappa shape index (κ2) is 8.94. The second-order valence-corrected chi connectivity index (χ2v) is 10.8. The standard InChI is InChI=1S/C24H28N6O3S/c1-17-9-11-19(12-10-17)34(32,33)25-14-18-6-5-13-29(15-18)16-22-26-27-24-28(2)23(31)20-7-3-4-8-21(20)30(22)24/h3-4,7-12,18,25H,5-6,13-16H2,1-2H3. The topological polar surface area (TPSA) is 102 Å². The van der Waals surface area contributed by atoms with Gasteiger partial charge in [0.05, 0.1) is 22.3 Å². The first-order valence-corrected chi connectivity index (χ1v) is 12.9. The summed E-state index contributed by atoms with van der Waals surface area (Å²) in [6.07, 6.45) is 1.94. The van der Waals surface area contributed by atoms with Crippen molar-refractivity contribution in [2.45, 2.75) is 31.2 Å². The van der Waals surface area contributed by atoms with Gasteiger partial charge in [0.2, 0.25) is 15.8 Å². The largest absolute Gasteiger partial charge is 0.296 e. The predicted octanol–water partition coefficient (Wildman–Crippen LogP) is 2.08. The van der Waals surface area contributed by atoms with Gasteiger partial charge in [0.1, 0.15) is 0 Å². The first-order chi connectivity index (χ1) is 16.3. The second-order valence-electron chi connectivity index (χ2n) is 9.04. The van der Waals surface area contributed by atoms with E-state index in [4.69, 9.17) is 0 Å². The number of benzene rings is 2. The highest BCUT2D eigenvalue weighted by Crippen LogP contribution is 2.20. The summed E-state index contributed by atoms with van der Waals surface area (Å²) >= 11 is 0. The Hall–Kier alpha value is -3.08. The van der Waals surface area contributed by atoms with Crippen LogP contribution in [0.25, 0.3) is 16.7 Å². The molecule has 178 valence electrons. The SMILES string of the molecule is Cc1ccc(S(=O)(=O)NCC2CCCN(Cc3nnc4n(C)c(=O)c5ccccc5n34)C2)cc1. The highest BCUT2D eigenvalue weighted by Gasteiger charge is 2.24. The number of sulfonamides is 1. The predicted molar refractivity (Wildman–Crippen MR) is 130 cm³/mol. The summed E-state index contributed by atoms with van der Waals surface area (Å²) in [5, 5.41) is 9.30. The van der Waals surface area contributed by atoms with Crippen LogP contribution >= 0.6 is 0 Å². The van der Waals surface area contributed by atoms with E-state index >= 15 is 0 Å². The van der Waals surface area contributed by atoms with Crippen LogP contribution in [0.1, 0.15) is 24.2 Å². The number of rotatable bonds is 6. The number of piperidine rings is 1. The number of likely N-dealkylation sites (tertiary alicyclic amines) is 1. The summed E-state index contributed by atoms with van der Waals surface area (Å²) in [5.74, 6) is 1.48. The maximum Gasteiger partial charge on any atom is 0.262 e. The highest BCUT2D eigenvalue weighted by molar-refractivity contribution is 7.89. The number of nitrogens with one attached hydrogen (secondary N) is 1. The van der Waals surface area contributed by atoms with Crippen molar-refractivity contribution in [1.29, 1.82) is 0 Å². The molecule has 2 aromatic carbocycles. The van der Waals surface area contributed by atoms with Gasteiger partial charge in [-0.05, 0) is 56.5 Å². The molecule has 1 aliphatic rings. The minimum absolute atomic E-state index is 0.0963. The van der Waals surface area contributed by atoms with E-state index in [2.05, 4.69) is 19.8 Å². The van der Waals surface area contributed by atoms with Gasteiger partial charge in [0.15, 0.2) is 5.82 Å². The Labute approximate surface area is 198 Å². The van der Waals surface area contributed by atoms with Crippen molar-refractivity contribution in [1.82, 2.24) is 28.8 Å². The molecule has 1 saturated heterocycles. The molecule has 1 atom stereocenters. The zero-order valence-corrected chi connectivity index (χ0v) is 20.1. The average Bonchev–Trinajstić information content (AvgIpc) is 3.26. The van der Waals surface area contributed by atoms with Crippen molar-refractivity contribution < 1.29 is 8.42 Å². The molecular formula is C24H28N6O3S. The Morgan fingerprint density at radius 3 is 2.65 bits per heavy atom. The molecule has 0 aliphatic carbocycles. The lowest BCUT2D eigenvalue weighted by Crippen LogP contribution is -2.40. The van der Waals surface area contributed by atoms with Crippen LogP contribution in [0.3, 0.4) is 0 Å². The number of fused-ring (bicyclic) bond motifs is 3. The van der Waals surface area contributed by atoms with E-state index in [-0.39, 0.29) is 16.4 Å². The van der Waals surface area contributed by atoms with Crippen molar-refractivity contribution in [2.75, 3.05) is 19.6 Å². The molecule has 34 heavy (non-hydrogen) atoms. The van der Waals surface area contributed by atoms with E-state index in [1.807, 2.05) is 35.6 Å². The fraction of sp³-hybridized carbons (Fsp3) is 0.375. The van der Waals surface area contributed by atoms with E-state index in [0.29, 0.717) is 24.3 Å². The lowest BCUT2D eigenvalue weighted by Gasteiger charge is -2.32. The van der Waals surface area contributed by atoms with Crippen LogP contribution in [-0.2, 0) is 23.6 Å². The van der Waals surface area contributed by atoms with Gasteiger partial charge in [-0.3, -0.25) is 18.7 Å². The van der Waals surface area contributed by atoms with Gasteiger partial charge in [-0.15, -0.1) is 10.2 Å². The molecule has 0 bridgehead atoms. The van der Waals surface area contributed by atoms with Gasteiger partial charge >= 0.3 is 0 Å². The number of para-hydroxylation sites is 1. The molecule has 4 aromatic rings. The highest BCUT2D eigenvalue weighted by atomic mass is 32.2. The quantitative estimate of drug-likeness (QED) is 0.453. The summed E-state index contributed by atoms with van der Waals surface area (Å²) in [7, 11) is -1.83. The normalized spacial score (nSPS) is 17.5. The molecule has 1 N–H and O–H groups in total. The van der Waals surface area contributed by atoms with Crippen molar-refractivity contribution in [3.63, 3.8) is 0 Å². The van der Waals surface area contributed by atoms with Crippen molar-refractivity contribution in [3.05, 3.63) is 70.3 Å². The first-order valence-electron chi connectivity index (χ1n) is 11.4. The molecule has 3 heterocycles. The Morgan fingerprint density at radius 1 is 1.09 bits per heavy atom. The van der Waals surface area contributed by atoms with Gasteiger partial charge in [-0.2, -0.15) is 0 Å². The molecule has 0 amide bonds. The molecule has 10 heteroatoms. The van der Waals surface area contributed by atoms with Gasteiger partial charge < -0.3 is 0 Å². The molecule has 1 fully saturated rings. The summed E-state index contributed by atoms with van der Waals surface area (Å²) in [6, 6.07) is 14.4. The van der Waals surface area contributed by atoms with Gasteiger partial charge in [-0.1, -0.05) is 29.8 Å². The molecule has 9 nitrogen and oxygen atoms in total. The summed E-state index contributed by atoms with van der Waals surface area (Å²) in [6.45, 7) is 4.56. The lowest BCUT2D eigenvalue weighted by molar-refractivity contribution is 0.165. The van der Waals surface area contributed by atoms with E-state index < -0.39 is 10.0 Å².